The van der Waals surface area contributed by atoms with Gasteiger partial charge < -0.3 is 23.4 Å². The standard InChI is InChI=1S/C30H25F3O7/c1-4-36-23-13-9-19(16-25(23)37-5-2)10-14-26(34)38-21-11-12-22-24(17-21)40-29(30(31,32)33)28(27(22)35)39-20-8-6-7-18(3)15-20/h6-17H,4-5H2,1-3H3/b14-10+. The Morgan fingerprint density at radius 2 is 1.68 bits per heavy atom. The van der Waals surface area contributed by atoms with Crippen LogP contribution in [0.2, 0.25) is 0 Å². The van der Waals surface area contributed by atoms with Crippen molar-refractivity contribution in [2.45, 2.75) is 26.9 Å². The number of benzene rings is 3. The highest BCUT2D eigenvalue weighted by molar-refractivity contribution is 5.89. The molecule has 208 valence electrons. The van der Waals surface area contributed by atoms with Crippen LogP contribution in [0.25, 0.3) is 17.0 Å². The van der Waals surface area contributed by atoms with E-state index < -0.39 is 34.7 Å². The van der Waals surface area contributed by atoms with Crippen LogP contribution < -0.4 is 24.4 Å². The summed E-state index contributed by atoms with van der Waals surface area (Å²) in [4.78, 5) is 25.4. The molecule has 0 atom stereocenters. The molecule has 0 aliphatic rings. The summed E-state index contributed by atoms with van der Waals surface area (Å²) < 4.78 is 68.2. The SMILES string of the molecule is CCOc1ccc(/C=C/C(=O)Oc2ccc3c(=O)c(Oc4cccc(C)c4)c(C(F)(F)F)oc3c2)cc1OCC. The number of alkyl halides is 3. The molecule has 0 aliphatic heterocycles. The molecule has 0 fully saturated rings. The van der Waals surface area contributed by atoms with Gasteiger partial charge in [0, 0.05) is 12.1 Å². The van der Waals surface area contributed by atoms with Gasteiger partial charge in [0.15, 0.2) is 11.5 Å². The zero-order chi connectivity index (χ0) is 28.9. The average Bonchev–Trinajstić information content (AvgIpc) is 2.90. The molecule has 4 aromatic rings. The Kier molecular flexibility index (Phi) is 8.47. The summed E-state index contributed by atoms with van der Waals surface area (Å²) in [5.41, 5.74) is -0.0807. The summed E-state index contributed by atoms with van der Waals surface area (Å²) in [6.45, 7) is 6.28. The van der Waals surface area contributed by atoms with Gasteiger partial charge in [-0.3, -0.25) is 4.79 Å². The van der Waals surface area contributed by atoms with E-state index in [2.05, 4.69) is 0 Å². The molecule has 0 saturated carbocycles. The van der Waals surface area contributed by atoms with Gasteiger partial charge in [-0.25, -0.2) is 4.79 Å². The van der Waals surface area contributed by atoms with Gasteiger partial charge >= 0.3 is 12.1 Å². The third-order valence-corrected chi connectivity index (χ3v) is 5.49. The molecule has 0 bridgehead atoms. The van der Waals surface area contributed by atoms with E-state index in [9.17, 15) is 22.8 Å². The lowest BCUT2D eigenvalue weighted by Crippen LogP contribution is -2.15. The number of carbonyl (C=O) groups is 1. The Bertz CT molecular complexity index is 1620. The summed E-state index contributed by atoms with van der Waals surface area (Å²) in [6.07, 6.45) is -2.40. The van der Waals surface area contributed by atoms with Gasteiger partial charge in [0.05, 0.1) is 18.6 Å². The maximum atomic E-state index is 13.8. The number of halogens is 3. The molecule has 4 rings (SSSR count). The van der Waals surface area contributed by atoms with Crippen LogP contribution in [0.3, 0.4) is 0 Å². The van der Waals surface area contributed by atoms with Crippen molar-refractivity contribution >= 4 is 23.0 Å². The molecule has 1 aromatic heterocycles. The van der Waals surface area contributed by atoms with E-state index in [1.807, 2.05) is 13.8 Å². The van der Waals surface area contributed by atoms with Gasteiger partial charge in [0.1, 0.15) is 17.1 Å². The highest BCUT2D eigenvalue weighted by Crippen LogP contribution is 2.39. The van der Waals surface area contributed by atoms with Crippen molar-refractivity contribution < 1.29 is 41.3 Å². The molecule has 0 radical (unpaired) electrons. The van der Waals surface area contributed by atoms with Crippen LogP contribution in [-0.2, 0) is 11.0 Å². The lowest BCUT2D eigenvalue weighted by molar-refractivity contribution is -0.154. The molecular weight excluding hydrogens is 529 g/mol. The van der Waals surface area contributed by atoms with Gasteiger partial charge in [-0.2, -0.15) is 13.2 Å². The van der Waals surface area contributed by atoms with Gasteiger partial charge in [-0.15, -0.1) is 0 Å². The second kappa shape index (κ2) is 12.0. The van der Waals surface area contributed by atoms with Gasteiger partial charge in [-0.1, -0.05) is 18.2 Å². The minimum absolute atomic E-state index is 0.0513. The summed E-state index contributed by atoms with van der Waals surface area (Å²) >= 11 is 0. The van der Waals surface area contributed by atoms with Crippen LogP contribution >= 0.6 is 0 Å². The molecule has 3 aromatic carbocycles. The lowest BCUT2D eigenvalue weighted by Gasteiger charge is -2.13. The van der Waals surface area contributed by atoms with Gasteiger partial charge in [-0.05, 0) is 74.4 Å². The average molecular weight is 555 g/mol. The van der Waals surface area contributed by atoms with Crippen molar-refractivity contribution in [3.8, 4) is 28.7 Å². The first kappa shape index (κ1) is 28.3. The Labute approximate surface area is 227 Å². The summed E-state index contributed by atoms with van der Waals surface area (Å²) in [7, 11) is 0. The number of esters is 1. The van der Waals surface area contributed by atoms with Gasteiger partial charge in [0.25, 0.3) is 5.76 Å². The Morgan fingerprint density at radius 3 is 2.38 bits per heavy atom. The van der Waals surface area contributed by atoms with E-state index in [1.54, 1.807) is 37.3 Å². The van der Waals surface area contributed by atoms with Crippen molar-refractivity contribution in [1.82, 2.24) is 0 Å². The third-order valence-electron chi connectivity index (χ3n) is 5.49. The number of carbonyl (C=O) groups excluding carboxylic acids is 1. The van der Waals surface area contributed by atoms with Crippen LogP contribution in [0.5, 0.6) is 28.7 Å². The van der Waals surface area contributed by atoms with Crippen molar-refractivity contribution in [3.05, 3.63) is 93.9 Å². The van der Waals surface area contributed by atoms with E-state index in [0.29, 0.717) is 30.3 Å². The number of hydrogen-bond donors (Lipinski definition) is 0. The molecule has 0 unspecified atom stereocenters. The van der Waals surface area contributed by atoms with Crippen LogP contribution in [-0.4, -0.2) is 19.2 Å². The van der Waals surface area contributed by atoms with Crippen LogP contribution in [0.4, 0.5) is 13.2 Å². The second-order valence-electron chi connectivity index (χ2n) is 8.49. The smallest absolute Gasteiger partial charge is 0.453 e. The Balaban J connectivity index is 1.60. The molecule has 0 amide bonds. The number of rotatable bonds is 9. The van der Waals surface area contributed by atoms with Crippen molar-refractivity contribution in [2.75, 3.05) is 13.2 Å². The van der Waals surface area contributed by atoms with Crippen LogP contribution in [0.1, 0.15) is 30.7 Å². The predicted octanol–water partition coefficient (Wildman–Crippen LogP) is 7.33. The van der Waals surface area contributed by atoms with E-state index in [4.69, 9.17) is 23.4 Å². The van der Waals surface area contributed by atoms with Crippen molar-refractivity contribution in [3.63, 3.8) is 0 Å². The van der Waals surface area contributed by atoms with E-state index in [1.165, 1.54) is 30.3 Å². The highest BCUT2D eigenvalue weighted by atomic mass is 19.4. The zero-order valence-electron chi connectivity index (χ0n) is 21.8. The molecule has 7 nitrogen and oxygen atoms in total. The van der Waals surface area contributed by atoms with E-state index in [0.717, 1.165) is 17.7 Å². The molecule has 0 saturated heterocycles. The van der Waals surface area contributed by atoms with E-state index in [-0.39, 0.29) is 16.9 Å². The maximum absolute atomic E-state index is 13.8. The number of ether oxygens (including phenoxy) is 4. The zero-order valence-corrected chi connectivity index (χ0v) is 21.8. The number of aryl methyl sites for hydroxylation is 1. The highest BCUT2D eigenvalue weighted by Gasteiger charge is 2.40. The maximum Gasteiger partial charge on any atom is 0.453 e. The topological polar surface area (TPSA) is 84.2 Å². The Hall–Kier alpha value is -4.73. The fourth-order valence-electron chi connectivity index (χ4n) is 3.78. The number of hydrogen-bond acceptors (Lipinski definition) is 7. The predicted molar refractivity (Wildman–Crippen MR) is 142 cm³/mol. The van der Waals surface area contributed by atoms with Gasteiger partial charge in [0.2, 0.25) is 11.2 Å². The van der Waals surface area contributed by atoms with Crippen molar-refractivity contribution in [1.29, 1.82) is 0 Å². The molecule has 1 heterocycles. The minimum Gasteiger partial charge on any atom is -0.490 e. The summed E-state index contributed by atoms with van der Waals surface area (Å²) in [5, 5.41) is -0.177. The lowest BCUT2D eigenvalue weighted by atomic mass is 10.2. The fourth-order valence-corrected chi connectivity index (χ4v) is 3.78. The fraction of sp³-hybridized carbons (Fsp3) is 0.200. The molecule has 10 heteroatoms. The van der Waals surface area contributed by atoms with E-state index >= 15 is 0 Å². The Morgan fingerprint density at radius 1 is 0.925 bits per heavy atom. The molecule has 0 N–H and O–H groups in total. The normalized spacial score (nSPS) is 11.6. The van der Waals surface area contributed by atoms with Crippen LogP contribution in [0, 0.1) is 6.92 Å². The summed E-state index contributed by atoms with van der Waals surface area (Å²) in [5.74, 6) is -2.38. The monoisotopic (exact) mass is 554 g/mol. The largest absolute Gasteiger partial charge is 0.490 e. The molecule has 0 aliphatic carbocycles. The first-order valence-corrected chi connectivity index (χ1v) is 12.3. The molecule has 40 heavy (non-hydrogen) atoms. The second-order valence-corrected chi connectivity index (χ2v) is 8.49. The molecule has 0 spiro atoms. The molecular formula is C30H25F3O7. The number of fused-ring (bicyclic) bond motifs is 1. The first-order valence-electron chi connectivity index (χ1n) is 12.3. The first-order chi connectivity index (χ1) is 19.1. The van der Waals surface area contributed by atoms with Crippen molar-refractivity contribution in [2.24, 2.45) is 0 Å². The van der Waals surface area contributed by atoms with Crippen LogP contribution in [0.15, 0.2) is 76.0 Å². The third kappa shape index (κ3) is 6.63. The minimum atomic E-state index is -5.03. The quantitative estimate of drug-likeness (QED) is 0.122. The summed E-state index contributed by atoms with van der Waals surface area (Å²) in [6, 6.07) is 14.9.